The Labute approximate surface area is 307 Å². The molecule has 50 heavy (non-hydrogen) atoms. The molecular formula is C38H36Br2N4O6. The molecule has 12 heteroatoms. The molecule has 0 spiro atoms. The van der Waals surface area contributed by atoms with Crippen LogP contribution in [0.4, 0.5) is 0 Å². The van der Waals surface area contributed by atoms with Gasteiger partial charge in [-0.15, -0.1) is 0 Å². The SMILES string of the molecule is O=C(CCCCCCCCC(=O)N/N=C/c1cc(Br)ccc1OC(=O)c1ccccc1)N/N=C/c1cc(Br)ccc1OC(=O)c1ccccc1. The third-order valence-corrected chi connectivity index (χ3v) is 8.20. The number of hydrazone groups is 2. The minimum Gasteiger partial charge on any atom is -0.422 e. The smallest absolute Gasteiger partial charge is 0.343 e. The zero-order chi connectivity index (χ0) is 35.6. The van der Waals surface area contributed by atoms with Crippen LogP contribution in [0.15, 0.2) is 116 Å². The van der Waals surface area contributed by atoms with Gasteiger partial charge in [0, 0.05) is 32.9 Å². The van der Waals surface area contributed by atoms with Gasteiger partial charge in [0.25, 0.3) is 0 Å². The number of benzene rings is 4. The monoisotopic (exact) mass is 802 g/mol. The molecule has 10 nitrogen and oxygen atoms in total. The predicted octanol–water partition coefficient (Wildman–Crippen LogP) is 8.37. The zero-order valence-electron chi connectivity index (χ0n) is 27.1. The van der Waals surface area contributed by atoms with Crippen molar-refractivity contribution in [2.45, 2.75) is 51.4 Å². The summed E-state index contributed by atoms with van der Waals surface area (Å²) >= 11 is 6.81. The Bertz CT molecular complexity index is 1680. The number of nitrogens with zero attached hydrogens (tertiary/aromatic N) is 2. The molecule has 4 aromatic rings. The van der Waals surface area contributed by atoms with Crippen molar-refractivity contribution in [2.75, 3.05) is 0 Å². The lowest BCUT2D eigenvalue weighted by atomic mass is 10.1. The second-order valence-electron chi connectivity index (χ2n) is 11.1. The van der Waals surface area contributed by atoms with Crippen molar-refractivity contribution in [3.63, 3.8) is 0 Å². The van der Waals surface area contributed by atoms with E-state index in [-0.39, 0.29) is 11.8 Å². The quantitative estimate of drug-likeness (QED) is 0.0362. The summed E-state index contributed by atoms with van der Waals surface area (Å²) in [5.41, 5.74) is 6.98. The van der Waals surface area contributed by atoms with Crippen LogP contribution in [0.1, 0.15) is 83.2 Å². The lowest BCUT2D eigenvalue weighted by Crippen LogP contribution is -2.17. The lowest BCUT2D eigenvalue weighted by Gasteiger charge is -2.08. The minimum atomic E-state index is -0.489. The van der Waals surface area contributed by atoms with Crippen LogP contribution >= 0.6 is 31.9 Å². The van der Waals surface area contributed by atoms with Crippen LogP contribution in [-0.4, -0.2) is 36.2 Å². The Balaban J connectivity index is 1.08. The first kappa shape index (κ1) is 37.9. The highest BCUT2D eigenvalue weighted by molar-refractivity contribution is 9.10. The van der Waals surface area contributed by atoms with E-state index in [0.29, 0.717) is 59.4 Å². The van der Waals surface area contributed by atoms with E-state index >= 15 is 0 Å². The number of ether oxygens (including phenoxy) is 2. The standard InChI is InChI=1S/C38H36Br2N4O6/c39-31-19-21-33(49-37(47)27-13-7-5-8-14-27)29(23-31)25-41-43-35(45)17-11-3-1-2-4-12-18-36(46)44-42-26-30-24-32(40)20-22-34(30)50-38(48)28-15-9-6-10-16-28/h5-10,13-16,19-26H,1-4,11-12,17-18H2,(H,43,45)(H,44,46)/b41-25+,42-26+. The van der Waals surface area contributed by atoms with E-state index in [1.165, 1.54) is 12.4 Å². The van der Waals surface area contributed by atoms with Crippen molar-refractivity contribution in [1.29, 1.82) is 0 Å². The second-order valence-corrected chi connectivity index (χ2v) is 12.9. The van der Waals surface area contributed by atoms with Crippen molar-refractivity contribution in [2.24, 2.45) is 10.2 Å². The first-order valence-electron chi connectivity index (χ1n) is 16.1. The van der Waals surface area contributed by atoms with Crippen molar-refractivity contribution in [1.82, 2.24) is 10.9 Å². The van der Waals surface area contributed by atoms with E-state index in [2.05, 4.69) is 52.9 Å². The van der Waals surface area contributed by atoms with Crippen molar-refractivity contribution in [3.8, 4) is 11.5 Å². The third-order valence-electron chi connectivity index (χ3n) is 7.21. The minimum absolute atomic E-state index is 0.208. The largest absolute Gasteiger partial charge is 0.422 e. The number of carbonyl (C=O) groups is 4. The van der Waals surface area contributed by atoms with Gasteiger partial charge in [-0.25, -0.2) is 20.4 Å². The average molecular weight is 805 g/mol. The van der Waals surface area contributed by atoms with Gasteiger partial charge in [0.1, 0.15) is 11.5 Å². The number of rotatable bonds is 17. The summed E-state index contributed by atoms with van der Waals surface area (Å²) in [7, 11) is 0. The van der Waals surface area contributed by atoms with E-state index in [0.717, 1.165) is 34.6 Å². The van der Waals surface area contributed by atoms with E-state index in [9.17, 15) is 19.2 Å². The summed E-state index contributed by atoms with van der Waals surface area (Å²) in [6.45, 7) is 0. The topological polar surface area (TPSA) is 136 Å². The number of esters is 2. The molecule has 0 unspecified atom stereocenters. The van der Waals surface area contributed by atoms with Crippen LogP contribution in [0.25, 0.3) is 0 Å². The van der Waals surface area contributed by atoms with Crippen molar-refractivity contribution < 1.29 is 28.7 Å². The Morgan fingerprint density at radius 2 is 0.920 bits per heavy atom. The van der Waals surface area contributed by atoms with E-state index in [4.69, 9.17) is 9.47 Å². The summed E-state index contributed by atoms with van der Waals surface area (Å²) in [5.74, 6) is -0.748. The highest BCUT2D eigenvalue weighted by Gasteiger charge is 2.13. The van der Waals surface area contributed by atoms with Gasteiger partial charge >= 0.3 is 11.9 Å². The van der Waals surface area contributed by atoms with E-state index in [1.54, 1.807) is 84.9 Å². The maximum atomic E-state index is 12.5. The molecule has 0 aliphatic heterocycles. The normalized spacial score (nSPS) is 11.0. The van der Waals surface area contributed by atoms with Gasteiger partial charge in [-0.05, 0) is 73.5 Å². The van der Waals surface area contributed by atoms with E-state index in [1.807, 2.05) is 12.1 Å². The molecule has 0 saturated heterocycles. The van der Waals surface area contributed by atoms with Gasteiger partial charge in [0.2, 0.25) is 11.8 Å². The third kappa shape index (κ3) is 13.2. The Morgan fingerprint density at radius 1 is 0.540 bits per heavy atom. The maximum absolute atomic E-state index is 12.5. The van der Waals surface area contributed by atoms with Crippen molar-refractivity contribution in [3.05, 3.63) is 128 Å². The average Bonchev–Trinajstić information content (AvgIpc) is 3.12. The molecule has 0 radical (unpaired) electrons. The summed E-state index contributed by atoms with van der Waals surface area (Å²) < 4.78 is 12.6. The van der Waals surface area contributed by atoms with E-state index < -0.39 is 11.9 Å². The maximum Gasteiger partial charge on any atom is 0.343 e. The van der Waals surface area contributed by atoms with Gasteiger partial charge in [-0.2, -0.15) is 10.2 Å². The number of hydrogen-bond acceptors (Lipinski definition) is 8. The number of nitrogens with one attached hydrogen (secondary N) is 2. The number of unbranched alkanes of at least 4 members (excludes halogenated alkanes) is 5. The van der Waals surface area contributed by atoms with Gasteiger partial charge in [-0.1, -0.05) is 93.9 Å². The molecule has 0 aromatic heterocycles. The molecule has 0 aliphatic rings. The first-order valence-corrected chi connectivity index (χ1v) is 17.6. The number of hydrogen-bond donors (Lipinski definition) is 2. The number of carbonyl (C=O) groups excluding carboxylic acids is 4. The van der Waals surface area contributed by atoms with Crippen LogP contribution in [0.2, 0.25) is 0 Å². The summed E-state index contributed by atoms with van der Waals surface area (Å²) in [6, 6.07) is 27.7. The predicted molar refractivity (Wildman–Crippen MR) is 199 cm³/mol. The summed E-state index contributed by atoms with van der Waals surface area (Å²) in [6.07, 6.45) is 8.62. The number of halogens is 2. The second kappa shape index (κ2) is 20.5. The molecule has 0 aliphatic carbocycles. The molecule has 4 rings (SSSR count). The molecule has 0 atom stereocenters. The molecule has 258 valence electrons. The molecule has 0 fully saturated rings. The molecule has 4 aromatic carbocycles. The fourth-order valence-corrected chi connectivity index (χ4v) is 5.39. The molecule has 0 heterocycles. The fourth-order valence-electron chi connectivity index (χ4n) is 4.63. The van der Waals surface area contributed by atoms with Crippen molar-refractivity contribution >= 4 is 68.0 Å². The first-order chi connectivity index (χ1) is 24.3. The molecule has 2 N–H and O–H groups in total. The summed E-state index contributed by atoms with van der Waals surface area (Å²) in [5, 5.41) is 8.08. The molecular weight excluding hydrogens is 768 g/mol. The highest BCUT2D eigenvalue weighted by atomic mass is 79.9. The molecule has 2 amide bonds. The number of amides is 2. The Kier molecular flexibility index (Phi) is 15.6. The van der Waals surface area contributed by atoms with Crippen LogP contribution in [-0.2, 0) is 9.59 Å². The summed E-state index contributed by atoms with van der Waals surface area (Å²) in [4.78, 5) is 49.5. The van der Waals surface area contributed by atoms with Gasteiger partial charge in [-0.3, -0.25) is 9.59 Å². The Morgan fingerprint density at radius 3 is 1.32 bits per heavy atom. The van der Waals surface area contributed by atoms with Gasteiger partial charge < -0.3 is 9.47 Å². The van der Waals surface area contributed by atoms with Crippen LogP contribution in [0.3, 0.4) is 0 Å². The van der Waals surface area contributed by atoms with Crippen LogP contribution in [0, 0.1) is 0 Å². The van der Waals surface area contributed by atoms with Crippen LogP contribution in [0.5, 0.6) is 11.5 Å². The zero-order valence-corrected chi connectivity index (χ0v) is 30.3. The molecule has 0 saturated carbocycles. The van der Waals surface area contributed by atoms with Gasteiger partial charge in [0.15, 0.2) is 0 Å². The van der Waals surface area contributed by atoms with Gasteiger partial charge in [0.05, 0.1) is 23.6 Å². The highest BCUT2D eigenvalue weighted by Crippen LogP contribution is 2.24. The lowest BCUT2D eigenvalue weighted by molar-refractivity contribution is -0.122. The van der Waals surface area contributed by atoms with Crippen LogP contribution < -0.4 is 20.3 Å². The molecule has 0 bridgehead atoms. The fraction of sp³-hybridized carbons (Fsp3) is 0.211. The Hall–Kier alpha value is -4.94.